The van der Waals surface area contributed by atoms with E-state index >= 15 is 0 Å². The van der Waals surface area contributed by atoms with Crippen LogP contribution in [-0.2, 0) is 11.0 Å². The monoisotopic (exact) mass is 585 g/mol. The van der Waals surface area contributed by atoms with E-state index in [9.17, 15) is 18.7 Å². The molecule has 6 nitrogen and oxygen atoms in total. The molecular weight excluding hydrogens is 548 g/mol. The van der Waals surface area contributed by atoms with Crippen molar-refractivity contribution in [1.82, 2.24) is 15.5 Å². The molecule has 0 aliphatic carbocycles. The molecule has 41 heavy (non-hydrogen) atoms. The number of piperidine rings is 1. The van der Waals surface area contributed by atoms with Crippen LogP contribution in [0.1, 0.15) is 48.8 Å². The number of nitrogens with one attached hydrogen (secondary N) is 2. The van der Waals surface area contributed by atoms with Gasteiger partial charge in [0.05, 0.1) is 5.60 Å². The van der Waals surface area contributed by atoms with E-state index in [-0.39, 0.29) is 30.8 Å². The van der Waals surface area contributed by atoms with Crippen molar-refractivity contribution in [1.29, 1.82) is 0 Å². The fourth-order valence-electron chi connectivity index (χ4n) is 5.66. The minimum absolute atomic E-state index is 0.0248. The standard InChI is InChI=1S/C32H38ClF2N3O3/c33-27-9-3-26(4-10-27)32(41)16-20-38(21-17-32)19-1-15-31(24-5-11-28(34)12-6-24,25-7-13-29(35)14-8-25)23-37-30(40)36-18-2-22-39/h3-14,39,41H,1-2,15-23H2,(H2,36,37,40). The van der Waals surface area contributed by atoms with Gasteiger partial charge in [-0.3, -0.25) is 0 Å². The number of carbonyl (C=O) groups excluding carboxylic acids is 1. The van der Waals surface area contributed by atoms with Gasteiger partial charge in [-0.25, -0.2) is 13.6 Å². The van der Waals surface area contributed by atoms with Gasteiger partial charge in [0.15, 0.2) is 0 Å². The maximum absolute atomic E-state index is 13.9. The van der Waals surface area contributed by atoms with E-state index < -0.39 is 11.0 Å². The van der Waals surface area contributed by atoms with Gasteiger partial charge in [-0.1, -0.05) is 48.0 Å². The third kappa shape index (κ3) is 8.04. The third-order valence-corrected chi connectivity index (χ3v) is 8.36. The van der Waals surface area contributed by atoms with Crippen molar-refractivity contribution in [3.8, 4) is 0 Å². The summed E-state index contributed by atoms with van der Waals surface area (Å²) in [5.41, 5.74) is 0.876. The SMILES string of the molecule is O=C(NCCCO)NCC(CCCN1CCC(O)(c2ccc(Cl)cc2)CC1)(c1ccc(F)cc1)c1ccc(F)cc1. The molecule has 220 valence electrons. The fraction of sp³-hybridized carbons (Fsp3) is 0.406. The Kier molecular flexibility index (Phi) is 10.7. The maximum atomic E-state index is 13.9. The molecule has 3 aromatic rings. The molecule has 0 bridgehead atoms. The summed E-state index contributed by atoms with van der Waals surface area (Å²) in [6.07, 6.45) is 3.01. The second kappa shape index (κ2) is 14.2. The highest BCUT2D eigenvalue weighted by molar-refractivity contribution is 6.30. The number of rotatable bonds is 12. The molecule has 1 aliphatic rings. The van der Waals surface area contributed by atoms with Crippen LogP contribution in [0.15, 0.2) is 72.8 Å². The first-order chi connectivity index (χ1) is 19.7. The van der Waals surface area contributed by atoms with Crippen LogP contribution in [-0.4, -0.2) is 60.5 Å². The molecule has 0 unspecified atom stereocenters. The highest BCUT2D eigenvalue weighted by atomic mass is 35.5. The summed E-state index contributed by atoms with van der Waals surface area (Å²) in [5.74, 6) is -0.726. The van der Waals surface area contributed by atoms with Crippen molar-refractivity contribution in [3.63, 3.8) is 0 Å². The summed E-state index contributed by atoms with van der Waals surface area (Å²) < 4.78 is 27.9. The lowest BCUT2D eigenvalue weighted by atomic mass is 9.71. The summed E-state index contributed by atoms with van der Waals surface area (Å²) in [6.45, 7) is 2.74. The average Bonchev–Trinajstić information content (AvgIpc) is 2.97. The number of nitrogens with zero attached hydrogens (tertiary/aromatic N) is 1. The third-order valence-electron chi connectivity index (χ3n) is 8.11. The van der Waals surface area contributed by atoms with Crippen molar-refractivity contribution in [3.05, 3.63) is 106 Å². The molecule has 1 heterocycles. The number of carbonyl (C=O) groups is 1. The zero-order chi connectivity index (χ0) is 29.3. The summed E-state index contributed by atoms with van der Waals surface area (Å²) in [7, 11) is 0. The predicted molar refractivity (Wildman–Crippen MR) is 157 cm³/mol. The van der Waals surface area contributed by atoms with E-state index in [1.54, 1.807) is 36.4 Å². The average molecular weight is 586 g/mol. The maximum Gasteiger partial charge on any atom is 0.314 e. The number of likely N-dealkylation sites (tertiary alicyclic amines) is 1. The Hall–Kier alpha value is -3.04. The van der Waals surface area contributed by atoms with Crippen LogP contribution in [0.25, 0.3) is 0 Å². The molecule has 9 heteroatoms. The van der Waals surface area contributed by atoms with Crippen LogP contribution in [0.3, 0.4) is 0 Å². The number of amides is 2. The van der Waals surface area contributed by atoms with Crippen LogP contribution in [0.4, 0.5) is 13.6 Å². The van der Waals surface area contributed by atoms with Gasteiger partial charge in [0, 0.05) is 43.2 Å². The lowest BCUT2D eigenvalue weighted by molar-refractivity contribution is -0.0262. The molecule has 0 atom stereocenters. The van der Waals surface area contributed by atoms with Crippen molar-refractivity contribution in [2.45, 2.75) is 43.1 Å². The van der Waals surface area contributed by atoms with Crippen LogP contribution in [0, 0.1) is 11.6 Å². The van der Waals surface area contributed by atoms with Gasteiger partial charge in [-0.2, -0.15) is 0 Å². The molecule has 4 N–H and O–H groups in total. The zero-order valence-electron chi connectivity index (χ0n) is 23.1. The summed E-state index contributed by atoms with van der Waals surface area (Å²) in [6, 6.07) is 19.5. The van der Waals surface area contributed by atoms with Gasteiger partial charge < -0.3 is 25.7 Å². The largest absolute Gasteiger partial charge is 0.396 e. The second-order valence-corrected chi connectivity index (χ2v) is 11.2. The fourth-order valence-corrected chi connectivity index (χ4v) is 5.79. The lowest BCUT2D eigenvalue weighted by Gasteiger charge is -2.40. The lowest BCUT2D eigenvalue weighted by Crippen LogP contribution is -2.46. The van der Waals surface area contributed by atoms with Gasteiger partial charge in [-0.05, 0) is 91.7 Å². The van der Waals surface area contributed by atoms with Crippen molar-refractivity contribution >= 4 is 17.6 Å². The summed E-state index contributed by atoms with van der Waals surface area (Å²) in [5, 5.41) is 26.6. The van der Waals surface area contributed by atoms with Crippen LogP contribution >= 0.6 is 11.6 Å². The van der Waals surface area contributed by atoms with E-state index in [0.717, 1.165) is 42.7 Å². The number of hydrogen-bond acceptors (Lipinski definition) is 4. The molecular formula is C32H38ClF2N3O3. The van der Waals surface area contributed by atoms with Crippen LogP contribution in [0.2, 0.25) is 5.02 Å². The van der Waals surface area contributed by atoms with Gasteiger partial charge in [0.2, 0.25) is 0 Å². The Morgan fingerprint density at radius 3 is 1.98 bits per heavy atom. The van der Waals surface area contributed by atoms with E-state index in [2.05, 4.69) is 15.5 Å². The highest BCUT2D eigenvalue weighted by Gasteiger charge is 2.36. The molecule has 0 radical (unpaired) electrons. The van der Waals surface area contributed by atoms with Crippen LogP contribution < -0.4 is 10.6 Å². The predicted octanol–water partition coefficient (Wildman–Crippen LogP) is 5.35. The minimum atomic E-state index is -0.889. The Bertz CT molecular complexity index is 1200. The van der Waals surface area contributed by atoms with E-state index in [0.29, 0.717) is 37.3 Å². The number of halogens is 3. The van der Waals surface area contributed by atoms with E-state index in [1.807, 2.05) is 12.1 Å². The Morgan fingerprint density at radius 1 is 0.878 bits per heavy atom. The molecule has 1 fully saturated rings. The molecule has 0 aromatic heterocycles. The smallest absolute Gasteiger partial charge is 0.314 e. The van der Waals surface area contributed by atoms with Crippen molar-refractivity contribution in [2.24, 2.45) is 0 Å². The number of aliphatic hydroxyl groups excluding tert-OH is 1. The Labute approximate surface area is 245 Å². The molecule has 1 saturated heterocycles. The molecule has 4 rings (SSSR count). The number of aliphatic hydroxyl groups is 2. The van der Waals surface area contributed by atoms with Gasteiger partial charge in [0.25, 0.3) is 0 Å². The number of urea groups is 1. The highest BCUT2D eigenvalue weighted by Crippen LogP contribution is 2.38. The van der Waals surface area contributed by atoms with Gasteiger partial charge >= 0.3 is 6.03 Å². The summed E-state index contributed by atoms with van der Waals surface area (Å²) >= 11 is 6.02. The normalized spacial score (nSPS) is 15.4. The summed E-state index contributed by atoms with van der Waals surface area (Å²) in [4.78, 5) is 14.9. The topological polar surface area (TPSA) is 84.8 Å². The minimum Gasteiger partial charge on any atom is -0.396 e. The second-order valence-electron chi connectivity index (χ2n) is 10.8. The first kappa shape index (κ1) is 30.9. The Morgan fingerprint density at radius 2 is 1.44 bits per heavy atom. The van der Waals surface area contributed by atoms with Gasteiger partial charge in [-0.15, -0.1) is 0 Å². The van der Waals surface area contributed by atoms with Crippen molar-refractivity contribution < 1.29 is 23.8 Å². The van der Waals surface area contributed by atoms with Crippen molar-refractivity contribution in [2.75, 3.05) is 39.3 Å². The van der Waals surface area contributed by atoms with Gasteiger partial charge in [0.1, 0.15) is 11.6 Å². The van der Waals surface area contributed by atoms with E-state index in [4.69, 9.17) is 16.7 Å². The number of benzene rings is 3. The van der Waals surface area contributed by atoms with E-state index in [1.165, 1.54) is 24.3 Å². The molecule has 0 spiro atoms. The molecule has 3 aromatic carbocycles. The first-order valence-corrected chi connectivity index (χ1v) is 14.5. The number of hydrogen-bond donors (Lipinski definition) is 4. The quantitative estimate of drug-likeness (QED) is 0.216. The van der Waals surface area contributed by atoms with Crippen LogP contribution in [0.5, 0.6) is 0 Å². The molecule has 2 amide bonds. The zero-order valence-corrected chi connectivity index (χ0v) is 23.8. The first-order valence-electron chi connectivity index (χ1n) is 14.1. The molecule has 1 aliphatic heterocycles. The Balaban J connectivity index is 1.50. The molecule has 0 saturated carbocycles.